The number of nitrogens with one attached hydrogen (secondary N) is 2. The predicted molar refractivity (Wildman–Crippen MR) is 100 cm³/mol. The van der Waals surface area contributed by atoms with Gasteiger partial charge in [0, 0.05) is 30.9 Å². The fourth-order valence-corrected chi connectivity index (χ4v) is 2.54. The molecule has 0 aliphatic rings. The molecule has 132 valence electrons. The summed E-state index contributed by atoms with van der Waals surface area (Å²) in [6.45, 7) is 6.07. The second kappa shape index (κ2) is 9.59. The van der Waals surface area contributed by atoms with Crippen LogP contribution in [0.25, 0.3) is 0 Å². The number of anilines is 1. The van der Waals surface area contributed by atoms with Crippen LogP contribution < -0.4 is 10.6 Å². The van der Waals surface area contributed by atoms with E-state index in [0.29, 0.717) is 30.9 Å². The molecule has 2 N–H and O–H groups in total. The third kappa shape index (κ3) is 5.72. The Bertz CT molecular complexity index is 697. The molecule has 2 aromatic carbocycles. The molecule has 0 radical (unpaired) electrons. The van der Waals surface area contributed by atoms with E-state index in [2.05, 4.69) is 10.6 Å². The van der Waals surface area contributed by atoms with Crippen LogP contribution in [0.4, 0.5) is 5.69 Å². The summed E-state index contributed by atoms with van der Waals surface area (Å²) < 4.78 is 0. The number of nitrogens with zero attached hydrogens (tertiary/aromatic N) is 1. The fourth-order valence-electron chi connectivity index (χ4n) is 2.54. The molecular weight excluding hydrogens is 314 g/mol. The van der Waals surface area contributed by atoms with Crippen molar-refractivity contribution in [2.75, 3.05) is 25.0 Å². The topological polar surface area (TPSA) is 61.4 Å². The van der Waals surface area contributed by atoms with Crippen LogP contribution in [0.3, 0.4) is 0 Å². The molecule has 0 aromatic heterocycles. The van der Waals surface area contributed by atoms with E-state index in [1.54, 1.807) is 29.2 Å². The number of hydrogen-bond donors (Lipinski definition) is 2. The zero-order valence-electron chi connectivity index (χ0n) is 14.8. The molecule has 0 saturated heterocycles. The molecule has 0 saturated carbocycles. The molecule has 2 aromatic rings. The number of hydrogen-bond acceptors (Lipinski definition) is 3. The Morgan fingerprint density at radius 3 is 2.36 bits per heavy atom. The highest BCUT2D eigenvalue weighted by molar-refractivity contribution is 5.97. The summed E-state index contributed by atoms with van der Waals surface area (Å²) in [6, 6.07) is 17.0. The third-order valence-electron chi connectivity index (χ3n) is 3.90. The van der Waals surface area contributed by atoms with Gasteiger partial charge in [0.1, 0.15) is 0 Å². The molecule has 0 fully saturated rings. The number of benzene rings is 2. The monoisotopic (exact) mass is 339 g/mol. The molecule has 5 nitrogen and oxygen atoms in total. The van der Waals surface area contributed by atoms with Gasteiger partial charge < -0.3 is 15.5 Å². The van der Waals surface area contributed by atoms with E-state index in [-0.39, 0.29) is 18.4 Å². The number of carbonyl (C=O) groups excluding carboxylic acids is 2. The van der Waals surface area contributed by atoms with E-state index in [0.717, 1.165) is 5.56 Å². The van der Waals surface area contributed by atoms with Crippen molar-refractivity contribution in [2.24, 2.45) is 0 Å². The molecule has 25 heavy (non-hydrogen) atoms. The molecule has 0 aliphatic heterocycles. The molecule has 5 heteroatoms. The van der Waals surface area contributed by atoms with Crippen molar-refractivity contribution in [3.8, 4) is 0 Å². The maximum atomic E-state index is 12.4. The van der Waals surface area contributed by atoms with Gasteiger partial charge in [-0.25, -0.2) is 0 Å². The smallest absolute Gasteiger partial charge is 0.253 e. The summed E-state index contributed by atoms with van der Waals surface area (Å²) >= 11 is 0. The zero-order valence-corrected chi connectivity index (χ0v) is 14.8. The van der Waals surface area contributed by atoms with Gasteiger partial charge in [-0.1, -0.05) is 36.4 Å². The van der Waals surface area contributed by atoms with Crippen molar-refractivity contribution in [2.45, 2.75) is 20.4 Å². The third-order valence-corrected chi connectivity index (χ3v) is 3.90. The Labute approximate surface area is 149 Å². The normalized spacial score (nSPS) is 10.3. The Morgan fingerprint density at radius 1 is 0.960 bits per heavy atom. The molecule has 2 rings (SSSR count). The van der Waals surface area contributed by atoms with Gasteiger partial charge in [-0.05, 0) is 37.6 Å². The van der Waals surface area contributed by atoms with Gasteiger partial charge in [0.05, 0.1) is 6.54 Å². The molecule has 0 bridgehead atoms. The highest BCUT2D eigenvalue weighted by Gasteiger charge is 2.13. The van der Waals surface area contributed by atoms with Crippen LogP contribution in [0.15, 0.2) is 54.6 Å². The van der Waals surface area contributed by atoms with E-state index >= 15 is 0 Å². The molecule has 2 amide bonds. The number of amides is 2. The molecule has 0 spiro atoms. The SMILES string of the molecule is CCN(CC)C(=O)c1cccc(NC(=O)CNCc2ccccc2)c1. The van der Waals surface area contributed by atoms with Crippen LogP contribution in [0, 0.1) is 0 Å². The average molecular weight is 339 g/mol. The lowest BCUT2D eigenvalue weighted by atomic mass is 10.1. The van der Waals surface area contributed by atoms with Crippen molar-refractivity contribution < 1.29 is 9.59 Å². The van der Waals surface area contributed by atoms with Gasteiger partial charge in [-0.2, -0.15) is 0 Å². The first-order chi connectivity index (χ1) is 12.1. The minimum atomic E-state index is -0.136. The lowest BCUT2D eigenvalue weighted by Gasteiger charge is -2.19. The lowest BCUT2D eigenvalue weighted by molar-refractivity contribution is -0.115. The summed E-state index contributed by atoms with van der Waals surface area (Å²) in [5.74, 6) is -0.160. The predicted octanol–water partition coefficient (Wildman–Crippen LogP) is 2.90. The molecule has 0 unspecified atom stereocenters. The Hall–Kier alpha value is -2.66. The van der Waals surface area contributed by atoms with Crippen molar-refractivity contribution in [1.82, 2.24) is 10.2 Å². The van der Waals surface area contributed by atoms with Gasteiger partial charge in [-0.3, -0.25) is 9.59 Å². The summed E-state index contributed by atoms with van der Waals surface area (Å²) in [5.41, 5.74) is 2.34. The van der Waals surface area contributed by atoms with Gasteiger partial charge in [0.2, 0.25) is 5.91 Å². The van der Waals surface area contributed by atoms with Crippen LogP contribution in [-0.4, -0.2) is 36.3 Å². The van der Waals surface area contributed by atoms with Gasteiger partial charge in [0.25, 0.3) is 5.91 Å². The van der Waals surface area contributed by atoms with Crippen LogP contribution in [0.5, 0.6) is 0 Å². The first-order valence-electron chi connectivity index (χ1n) is 8.57. The van der Waals surface area contributed by atoms with Crippen LogP contribution in [0.2, 0.25) is 0 Å². The standard InChI is InChI=1S/C20H25N3O2/c1-3-23(4-2)20(25)17-11-8-12-18(13-17)22-19(24)15-21-14-16-9-6-5-7-10-16/h5-13,21H,3-4,14-15H2,1-2H3,(H,22,24). The summed E-state index contributed by atoms with van der Waals surface area (Å²) in [5, 5.41) is 5.93. The lowest BCUT2D eigenvalue weighted by Crippen LogP contribution is -2.30. The van der Waals surface area contributed by atoms with Crippen LogP contribution in [-0.2, 0) is 11.3 Å². The number of rotatable bonds is 8. The second-order valence-electron chi connectivity index (χ2n) is 5.70. The molecule has 0 atom stereocenters. The van der Waals surface area contributed by atoms with E-state index in [4.69, 9.17) is 0 Å². The van der Waals surface area contributed by atoms with Crippen LogP contribution in [0.1, 0.15) is 29.8 Å². The summed E-state index contributed by atoms with van der Waals surface area (Å²) in [7, 11) is 0. The molecule has 0 aliphatic carbocycles. The van der Waals surface area contributed by atoms with Crippen molar-refractivity contribution >= 4 is 17.5 Å². The Kier molecular flexibility index (Phi) is 7.16. The van der Waals surface area contributed by atoms with Gasteiger partial charge in [-0.15, -0.1) is 0 Å². The fraction of sp³-hybridized carbons (Fsp3) is 0.300. The van der Waals surface area contributed by atoms with Crippen molar-refractivity contribution in [3.63, 3.8) is 0 Å². The quantitative estimate of drug-likeness (QED) is 0.777. The van der Waals surface area contributed by atoms with Gasteiger partial charge >= 0.3 is 0 Å². The minimum Gasteiger partial charge on any atom is -0.339 e. The zero-order chi connectivity index (χ0) is 18.1. The average Bonchev–Trinajstić information content (AvgIpc) is 2.63. The maximum Gasteiger partial charge on any atom is 0.253 e. The molecular formula is C20H25N3O2. The highest BCUT2D eigenvalue weighted by Crippen LogP contribution is 2.13. The second-order valence-corrected chi connectivity index (χ2v) is 5.70. The van der Waals surface area contributed by atoms with Crippen molar-refractivity contribution in [1.29, 1.82) is 0 Å². The largest absolute Gasteiger partial charge is 0.339 e. The highest BCUT2D eigenvalue weighted by atomic mass is 16.2. The van der Waals surface area contributed by atoms with Crippen LogP contribution >= 0.6 is 0 Å². The Morgan fingerprint density at radius 2 is 1.68 bits per heavy atom. The first kappa shape index (κ1) is 18.7. The van der Waals surface area contributed by atoms with E-state index in [1.165, 1.54) is 0 Å². The Balaban J connectivity index is 1.88. The minimum absolute atomic E-state index is 0.0247. The summed E-state index contributed by atoms with van der Waals surface area (Å²) in [6.07, 6.45) is 0. The summed E-state index contributed by atoms with van der Waals surface area (Å²) in [4.78, 5) is 26.2. The van der Waals surface area contributed by atoms with E-state index in [1.807, 2.05) is 44.2 Å². The van der Waals surface area contributed by atoms with Gasteiger partial charge in [0.15, 0.2) is 0 Å². The first-order valence-corrected chi connectivity index (χ1v) is 8.57. The number of carbonyl (C=O) groups is 2. The van der Waals surface area contributed by atoms with E-state index in [9.17, 15) is 9.59 Å². The maximum absolute atomic E-state index is 12.4. The van der Waals surface area contributed by atoms with E-state index < -0.39 is 0 Å². The molecule has 0 heterocycles. The van der Waals surface area contributed by atoms with Crippen molar-refractivity contribution in [3.05, 3.63) is 65.7 Å².